The second kappa shape index (κ2) is 4.63. The molecule has 1 rings (SSSR count). The summed E-state index contributed by atoms with van der Waals surface area (Å²) in [4.78, 5) is 11.2. The molecule has 0 aromatic carbocycles. The number of rotatable bonds is 3. The molecule has 2 nitrogen and oxygen atoms in total. The lowest BCUT2D eigenvalue weighted by Crippen LogP contribution is -2.37. The number of ether oxygens (including phenoxy) is 1. The highest BCUT2D eigenvalue weighted by atomic mass is 16.6. The van der Waals surface area contributed by atoms with Crippen LogP contribution >= 0.6 is 0 Å². The quantitative estimate of drug-likeness (QED) is 0.512. The van der Waals surface area contributed by atoms with Crippen molar-refractivity contribution in [2.24, 2.45) is 5.92 Å². The Balaban J connectivity index is 2.54. The normalized spacial score (nSPS) is 22.1. The van der Waals surface area contributed by atoms with Crippen LogP contribution in [-0.2, 0) is 9.53 Å². The summed E-state index contributed by atoms with van der Waals surface area (Å²) in [6, 6.07) is 0. The predicted molar refractivity (Wildman–Crippen MR) is 56.9 cm³/mol. The van der Waals surface area contributed by atoms with E-state index in [4.69, 9.17) is 4.74 Å². The SMILES string of the molecule is CCC(=O)OC(C)(C)C1CC=CCC1. The highest BCUT2D eigenvalue weighted by molar-refractivity contribution is 5.69. The number of allylic oxidation sites excluding steroid dienone is 2. The van der Waals surface area contributed by atoms with Crippen LogP contribution in [0, 0.1) is 5.92 Å². The molecule has 0 heterocycles. The van der Waals surface area contributed by atoms with Gasteiger partial charge in [-0.3, -0.25) is 4.79 Å². The molecule has 1 aliphatic carbocycles. The monoisotopic (exact) mass is 196 g/mol. The molecule has 1 aliphatic rings. The molecule has 80 valence electrons. The second-order valence-corrected chi connectivity index (χ2v) is 4.41. The van der Waals surface area contributed by atoms with E-state index >= 15 is 0 Å². The van der Waals surface area contributed by atoms with E-state index in [1.807, 2.05) is 20.8 Å². The molecule has 0 saturated heterocycles. The smallest absolute Gasteiger partial charge is 0.306 e. The molecule has 0 aromatic heterocycles. The van der Waals surface area contributed by atoms with Crippen molar-refractivity contribution in [2.75, 3.05) is 0 Å². The summed E-state index contributed by atoms with van der Waals surface area (Å²) in [7, 11) is 0. The summed E-state index contributed by atoms with van der Waals surface area (Å²) < 4.78 is 5.45. The van der Waals surface area contributed by atoms with E-state index in [1.54, 1.807) is 0 Å². The van der Waals surface area contributed by atoms with E-state index in [2.05, 4.69) is 12.2 Å². The molecule has 0 saturated carbocycles. The highest BCUT2D eigenvalue weighted by Crippen LogP contribution is 2.32. The van der Waals surface area contributed by atoms with Crippen LogP contribution in [0.2, 0.25) is 0 Å². The zero-order valence-corrected chi connectivity index (χ0v) is 9.38. The van der Waals surface area contributed by atoms with Crippen molar-refractivity contribution in [2.45, 2.75) is 52.1 Å². The zero-order chi connectivity index (χ0) is 10.6. The lowest BCUT2D eigenvalue weighted by atomic mass is 9.81. The first-order valence-corrected chi connectivity index (χ1v) is 5.43. The summed E-state index contributed by atoms with van der Waals surface area (Å²) in [5.74, 6) is 0.382. The summed E-state index contributed by atoms with van der Waals surface area (Å²) in [5, 5.41) is 0. The average molecular weight is 196 g/mol. The van der Waals surface area contributed by atoms with Crippen molar-refractivity contribution in [3.8, 4) is 0 Å². The van der Waals surface area contributed by atoms with Gasteiger partial charge < -0.3 is 4.74 Å². The lowest BCUT2D eigenvalue weighted by Gasteiger charge is -2.34. The molecule has 0 fully saturated rings. The van der Waals surface area contributed by atoms with Gasteiger partial charge in [0.15, 0.2) is 0 Å². The van der Waals surface area contributed by atoms with E-state index in [1.165, 1.54) is 0 Å². The minimum Gasteiger partial charge on any atom is -0.459 e. The van der Waals surface area contributed by atoms with Gasteiger partial charge in [0.1, 0.15) is 5.60 Å². The second-order valence-electron chi connectivity index (χ2n) is 4.41. The van der Waals surface area contributed by atoms with Gasteiger partial charge in [-0.1, -0.05) is 19.1 Å². The largest absolute Gasteiger partial charge is 0.459 e. The van der Waals surface area contributed by atoms with Crippen LogP contribution in [0.4, 0.5) is 0 Å². The maximum atomic E-state index is 11.2. The molecule has 0 spiro atoms. The fourth-order valence-corrected chi connectivity index (χ4v) is 1.87. The molecule has 0 N–H and O–H groups in total. The van der Waals surface area contributed by atoms with Gasteiger partial charge in [-0.05, 0) is 33.1 Å². The van der Waals surface area contributed by atoms with Crippen LogP contribution in [0.15, 0.2) is 12.2 Å². The van der Waals surface area contributed by atoms with Crippen LogP contribution in [-0.4, -0.2) is 11.6 Å². The van der Waals surface area contributed by atoms with Gasteiger partial charge in [0.25, 0.3) is 0 Å². The Morgan fingerprint density at radius 3 is 2.71 bits per heavy atom. The molecule has 2 heteroatoms. The zero-order valence-electron chi connectivity index (χ0n) is 9.38. The third-order valence-corrected chi connectivity index (χ3v) is 2.92. The first-order valence-electron chi connectivity index (χ1n) is 5.43. The minimum atomic E-state index is -0.308. The van der Waals surface area contributed by atoms with Crippen LogP contribution < -0.4 is 0 Å². The van der Waals surface area contributed by atoms with Gasteiger partial charge in [-0.2, -0.15) is 0 Å². The molecular formula is C12H20O2. The molecule has 0 bridgehead atoms. The van der Waals surface area contributed by atoms with Gasteiger partial charge in [-0.25, -0.2) is 0 Å². The fourth-order valence-electron chi connectivity index (χ4n) is 1.87. The average Bonchev–Trinajstić information content (AvgIpc) is 2.18. The van der Waals surface area contributed by atoms with Crippen molar-refractivity contribution >= 4 is 5.97 Å². The molecule has 0 amide bonds. The van der Waals surface area contributed by atoms with E-state index in [9.17, 15) is 4.79 Å². The highest BCUT2D eigenvalue weighted by Gasteiger charge is 2.32. The first-order chi connectivity index (χ1) is 6.56. The van der Waals surface area contributed by atoms with Crippen molar-refractivity contribution in [3.05, 3.63) is 12.2 Å². The molecule has 0 aliphatic heterocycles. The summed E-state index contributed by atoms with van der Waals surface area (Å²) in [5.41, 5.74) is -0.308. The Morgan fingerprint density at radius 1 is 1.50 bits per heavy atom. The van der Waals surface area contributed by atoms with Crippen molar-refractivity contribution in [3.63, 3.8) is 0 Å². The van der Waals surface area contributed by atoms with Crippen molar-refractivity contribution < 1.29 is 9.53 Å². The molecular weight excluding hydrogens is 176 g/mol. The third kappa shape index (κ3) is 2.86. The Bertz CT molecular complexity index is 228. The predicted octanol–water partition coefficient (Wildman–Crippen LogP) is 3.07. The maximum Gasteiger partial charge on any atom is 0.306 e. The molecule has 14 heavy (non-hydrogen) atoms. The molecule has 1 unspecified atom stereocenters. The van der Waals surface area contributed by atoms with Gasteiger partial charge >= 0.3 is 5.97 Å². The van der Waals surface area contributed by atoms with E-state index in [0.717, 1.165) is 19.3 Å². The van der Waals surface area contributed by atoms with Gasteiger partial charge in [0.05, 0.1) is 0 Å². The van der Waals surface area contributed by atoms with E-state index in [-0.39, 0.29) is 11.6 Å². The maximum absolute atomic E-state index is 11.2. The van der Waals surface area contributed by atoms with Gasteiger partial charge in [0, 0.05) is 12.3 Å². The van der Waals surface area contributed by atoms with E-state index in [0.29, 0.717) is 12.3 Å². The topological polar surface area (TPSA) is 26.3 Å². The van der Waals surface area contributed by atoms with Crippen molar-refractivity contribution in [1.82, 2.24) is 0 Å². The standard InChI is InChI=1S/C12H20O2/c1-4-11(13)14-12(2,3)10-8-6-5-7-9-10/h5-6,10H,4,7-9H2,1-3H3. The Labute approximate surface area is 86.3 Å². The van der Waals surface area contributed by atoms with Crippen LogP contribution in [0.3, 0.4) is 0 Å². The molecule has 0 radical (unpaired) electrons. The summed E-state index contributed by atoms with van der Waals surface area (Å²) in [6.07, 6.45) is 8.12. The minimum absolute atomic E-state index is 0.0930. The molecule has 0 aromatic rings. The van der Waals surface area contributed by atoms with Crippen LogP contribution in [0.25, 0.3) is 0 Å². The van der Waals surface area contributed by atoms with E-state index < -0.39 is 0 Å². The fraction of sp³-hybridized carbons (Fsp3) is 0.750. The number of carbonyl (C=O) groups excluding carboxylic acids is 1. The third-order valence-electron chi connectivity index (χ3n) is 2.92. The van der Waals surface area contributed by atoms with Gasteiger partial charge in [-0.15, -0.1) is 0 Å². The van der Waals surface area contributed by atoms with Crippen LogP contribution in [0.5, 0.6) is 0 Å². The number of esters is 1. The van der Waals surface area contributed by atoms with Crippen LogP contribution in [0.1, 0.15) is 46.5 Å². The number of hydrogen-bond acceptors (Lipinski definition) is 2. The Kier molecular flexibility index (Phi) is 3.73. The Morgan fingerprint density at radius 2 is 2.21 bits per heavy atom. The number of hydrogen-bond donors (Lipinski definition) is 0. The molecule has 1 atom stereocenters. The summed E-state index contributed by atoms with van der Waals surface area (Å²) in [6.45, 7) is 5.87. The van der Waals surface area contributed by atoms with Crippen molar-refractivity contribution in [1.29, 1.82) is 0 Å². The number of carbonyl (C=O) groups is 1. The lowest BCUT2D eigenvalue weighted by molar-refractivity contribution is -0.161. The summed E-state index contributed by atoms with van der Waals surface area (Å²) >= 11 is 0. The Hall–Kier alpha value is -0.790. The first kappa shape index (κ1) is 11.3. The van der Waals surface area contributed by atoms with Gasteiger partial charge in [0.2, 0.25) is 0 Å².